The van der Waals surface area contributed by atoms with E-state index in [0.717, 1.165) is 12.1 Å². The maximum atomic E-state index is 12.8. The Morgan fingerprint density at radius 2 is 1.50 bits per heavy atom. The van der Waals surface area contributed by atoms with Crippen molar-refractivity contribution in [2.45, 2.75) is 6.18 Å². The number of alkyl halides is 3. The molecule has 26 heavy (non-hydrogen) atoms. The minimum Gasteiger partial charge on any atom is -0.393 e. The molecule has 0 bridgehead atoms. The lowest BCUT2D eigenvalue weighted by Crippen LogP contribution is -2.07. The molecule has 0 spiro atoms. The largest absolute Gasteiger partial charge is 0.416 e. The molecule has 0 aliphatic carbocycles. The average Bonchev–Trinajstić information content (AvgIpc) is 2.60. The highest BCUT2D eigenvalue weighted by atomic mass is 35.5. The van der Waals surface area contributed by atoms with Crippen LogP contribution < -0.4 is 16.4 Å². The van der Waals surface area contributed by atoms with E-state index >= 15 is 0 Å². The van der Waals surface area contributed by atoms with E-state index in [1.165, 1.54) is 18.5 Å². The first-order chi connectivity index (χ1) is 12.3. The van der Waals surface area contributed by atoms with Crippen molar-refractivity contribution in [1.82, 2.24) is 9.97 Å². The van der Waals surface area contributed by atoms with Gasteiger partial charge in [-0.2, -0.15) is 13.2 Å². The van der Waals surface area contributed by atoms with E-state index in [2.05, 4.69) is 20.6 Å². The zero-order valence-electron chi connectivity index (χ0n) is 13.2. The van der Waals surface area contributed by atoms with E-state index < -0.39 is 11.7 Å². The first-order valence-corrected chi connectivity index (χ1v) is 7.78. The SMILES string of the molecule is Nc1c(Nc2ccc(Cl)cc2)ncnc1Nc1cccc(C(F)(F)F)c1. The Hall–Kier alpha value is -3.00. The van der Waals surface area contributed by atoms with E-state index in [1.807, 2.05) is 0 Å². The molecule has 0 unspecified atom stereocenters. The standard InChI is InChI=1S/C17H13ClF3N5/c18-11-4-6-12(7-5-11)25-15-14(22)16(24-9-23-15)26-13-3-1-2-10(8-13)17(19,20)21/h1-9H,22H2,(H2,23,24,25,26). The number of hydrogen-bond donors (Lipinski definition) is 3. The molecule has 4 N–H and O–H groups in total. The van der Waals surface area contributed by atoms with Crippen LogP contribution in [0.15, 0.2) is 54.9 Å². The molecule has 0 aliphatic heterocycles. The molecule has 134 valence electrons. The fraction of sp³-hybridized carbons (Fsp3) is 0.0588. The number of anilines is 5. The van der Waals surface area contributed by atoms with Gasteiger partial charge in [-0.1, -0.05) is 17.7 Å². The van der Waals surface area contributed by atoms with Crippen LogP contribution in [-0.4, -0.2) is 9.97 Å². The first-order valence-electron chi connectivity index (χ1n) is 7.40. The number of nitrogens with two attached hydrogens (primary N) is 1. The molecular weight excluding hydrogens is 367 g/mol. The summed E-state index contributed by atoms with van der Waals surface area (Å²) in [4.78, 5) is 8.05. The van der Waals surface area contributed by atoms with E-state index in [9.17, 15) is 13.2 Å². The van der Waals surface area contributed by atoms with Gasteiger partial charge in [0.1, 0.15) is 12.0 Å². The van der Waals surface area contributed by atoms with Crippen molar-refractivity contribution >= 4 is 40.3 Å². The molecule has 0 aliphatic rings. The zero-order chi connectivity index (χ0) is 18.7. The summed E-state index contributed by atoms with van der Waals surface area (Å²) < 4.78 is 38.5. The number of nitrogen functional groups attached to an aromatic ring is 1. The van der Waals surface area contributed by atoms with Crippen molar-refractivity contribution < 1.29 is 13.2 Å². The molecule has 0 amide bonds. The van der Waals surface area contributed by atoms with E-state index in [-0.39, 0.29) is 17.2 Å². The second-order valence-corrected chi connectivity index (χ2v) is 5.76. The maximum absolute atomic E-state index is 12.8. The minimum absolute atomic E-state index is 0.167. The summed E-state index contributed by atoms with van der Waals surface area (Å²) in [6.07, 6.45) is -3.18. The Bertz CT molecular complexity index is 913. The summed E-state index contributed by atoms with van der Waals surface area (Å²) in [6.45, 7) is 0. The normalized spacial score (nSPS) is 11.2. The van der Waals surface area contributed by atoms with Crippen molar-refractivity contribution in [3.63, 3.8) is 0 Å². The molecule has 0 saturated heterocycles. The van der Waals surface area contributed by atoms with Crippen LogP contribution in [0.5, 0.6) is 0 Å². The highest BCUT2D eigenvalue weighted by molar-refractivity contribution is 6.30. The zero-order valence-corrected chi connectivity index (χ0v) is 13.9. The van der Waals surface area contributed by atoms with Gasteiger partial charge in [0.05, 0.1) is 5.56 Å². The molecular formula is C17H13ClF3N5. The topological polar surface area (TPSA) is 75.9 Å². The second-order valence-electron chi connectivity index (χ2n) is 5.32. The molecule has 9 heteroatoms. The number of benzene rings is 2. The summed E-state index contributed by atoms with van der Waals surface area (Å²) in [7, 11) is 0. The number of aromatic nitrogens is 2. The lowest BCUT2D eigenvalue weighted by molar-refractivity contribution is -0.137. The van der Waals surface area contributed by atoms with E-state index in [1.54, 1.807) is 24.3 Å². The Kier molecular flexibility index (Phi) is 4.85. The Morgan fingerprint density at radius 3 is 2.12 bits per heavy atom. The fourth-order valence-electron chi connectivity index (χ4n) is 2.17. The highest BCUT2D eigenvalue weighted by Gasteiger charge is 2.30. The Morgan fingerprint density at radius 1 is 0.885 bits per heavy atom. The molecule has 0 radical (unpaired) electrons. The van der Waals surface area contributed by atoms with Gasteiger partial charge in [-0.05, 0) is 42.5 Å². The third-order valence-electron chi connectivity index (χ3n) is 3.44. The fourth-order valence-corrected chi connectivity index (χ4v) is 2.30. The number of nitrogens with zero attached hydrogens (tertiary/aromatic N) is 2. The summed E-state index contributed by atoms with van der Waals surface area (Å²) in [5, 5.41) is 6.37. The summed E-state index contributed by atoms with van der Waals surface area (Å²) in [5.74, 6) is 0.507. The lowest BCUT2D eigenvalue weighted by Gasteiger charge is -2.14. The van der Waals surface area contributed by atoms with Gasteiger partial charge in [-0.25, -0.2) is 9.97 Å². The molecule has 0 saturated carbocycles. The van der Waals surface area contributed by atoms with Gasteiger partial charge >= 0.3 is 6.18 Å². The highest BCUT2D eigenvalue weighted by Crippen LogP contribution is 2.33. The van der Waals surface area contributed by atoms with Crippen LogP contribution in [0.25, 0.3) is 0 Å². The van der Waals surface area contributed by atoms with Gasteiger partial charge in [0.25, 0.3) is 0 Å². The number of nitrogens with one attached hydrogen (secondary N) is 2. The summed E-state index contributed by atoms with van der Waals surface area (Å²) >= 11 is 5.84. The van der Waals surface area contributed by atoms with Gasteiger partial charge in [0.15, 0.2) is 11.6 Å². The van der Waals surface area contributed by atoms with Gasteiger partial charge < -0.3 is 16.4 Å². The Balaban J connectivity index is 1.84. The predicted molar refractivity (Wildman–Crippen MR) is 95.9 cm³/mol. The summed E-state index contributed by atoms with van der Waals surface area (Å²) in [6, 6.07) is 11.6. The van der Waals surface area contributed by atoms with Crippen LogP contribution in [-0.2, 0) is 6.18 Å². The van der Waals surface area contributed by atoms with Gasteiger partial charge in [0.2, 0.25) is 0 Å². The van der Waals surface area contributed by atoms with E-state index in [0.29, 0.717) is 16.5 Å². The molecule has 0 fully saturated rings. The van der Waals surface area contributed by atoms with Gasteiger partial charge in [-0.3, -0.25) is 0 Å². The van der Waals surface area contributed by atoms with E-state index in [4.69, 9.17) is 17.3 Å². The quantitative estimate of drug-likeness (QED) is 0.579. The molecule has 5 nitrogen and oxygen atoms in total. The molecule has 1 heterocycles. The van der Waals surface area contributed by atoms with Crippen LogP contribution in [0, 0.1) is 0 Å². The first kappa shape index (κ1) is 17.8. The van der Waals surface area contributed by atoms with Gasteiger partial charge in [-0.15, -0.1) is 0 Å². The number of hydrogen-bond acceptors (Lipinski definition) is 5. The predicted octanol–water partition coefficient (Wildman–Crippen LogP) is 5.22. The molecule has 2 aromatic carbocycles. The monoisotopic (exact) mass is 379 g/mol. The van der Waals surface area contributed by atoms with Crippen LogP contribution in [0.3, 0.4) is 0 Å². The van der Waals surface area contributed by atoms with Crippen molar-refractivity contribution in [2.75, 3.05) is 16.4 Å². The van der Waals surface area contributed by atoms with Crippen LogP contribution in [0.4, 0.5) is 41.9 Å². The minimum atomic E-state index is -4.43. The average molecular weight is 380 g/mol. The van der Waals surface area contributed by atoms with Crippen molar-refractivity contribution in [3.05, 3.63) is 65.4 Å². The molecule has 3 rings (SSSR count). The molecule has 3 aromatic rings. The Labute approximate surface area is 152 Å². The maximum Gasteiger partial charge on any atom is 0.416 e. The summed E-state index contributed by atoms with van der Waals surface area (Å²) in [5.41, 5.74) is 6.34. The van der Waals surface area contributed by atoms with Crippen molar-refractivity contribution in [1.29, 1.82) is 0 Å². The smallest absolute Gasteiger partial charge is 0.393 e. The van der Waals surface area contributed by atoms with Crippen molar-refractivity contribution in [3.8, 4) is 0 Å². The lowest BCUT2D eigenvalue weighted by atomic mass is 10.2. The van der Waals surface area contributed by atoms with Crippen LogP contribution in [0.1, 0.15) is 5.56 Å². The molecule has 0 atom stereocenters. The third kappa shape index (κ3) is 4.15. The number of halogens is 4. The van der Waals surface area contributed by atoms with Crippen LogP contribution >= 0.6 is 11.6 Å². The third-order valence-corrected chi connectivity index (χ3v) is 3.70. The van der Waals surface area contributed by atoms with Gasteiger partial charge in [0, 0.05) is 16.4 Å². The second kappa shape index (κ2) is 7.09. The number of rotatable bonds is 4. The molecule has 1 aromatic heterocycles. The van der Waals surface area contributed by atoms with Crippen molar-refractivity contribution in [2.24, 2.45) is 0 Å². The van der Waals surface area contributed by atoms with Crippen LogP contribution in [0.2, 0.25) is 5.02 Å².